The minimum atomic E-state index is -4.74. The van der Waals surface area contributed by atoms with Crippen molar-refractivity contribution in [3.63, 3.8) is 0 Å². The maximum Gasteiger partial charge on any atom is 0.573 e. The zero-order chi connectivity index (χ0) is 18.1. The Labute approximate surface area is 136 Å². The van der Waals surface area contributed by atoms with E-state index in [-0.39, 0.29) is 17.1 Å². The van der Waals surface area contributed by atoms with Crippen LogP contribution in [0.4, 0.5) is 19.0 Å². The smallest absolute Gasteiger partial charge is 0.406 e. The van der Waals surface area contributed by atoms with Gasteiger partial charge in [0, 0.05) is 0 Å². The first-order valence-corrected chi connectivity index (χ1v) is 7.16. The Kier molecular flexibility index (Phi) is 4.72. The molecule has 0 spiro atoms. The molecule has 0 bridgehead atoms. The normalized spacial score (nSPS) is 12.9. The third-order valence-corrected chi connectivity index (χ3v) is 3.56. The van der Waals surface area contributed by atoms with Gasteiger partial charge in [-0.25, -0.2) is 4.68 Å². The number of halogens is 3. The van der Waals surface area contributed by atoms with Crippen LogP contribution in [0.15, 0.2) is 24.3 Å². The van der Waals surface area contributed by atoms with Crippen LogP contribution >= 0.6 is 0 Å². The summed E-state index contributed by atoms with van der Waals surface area (Å²) in [7, 11) is 0. The third-order valence-electron chi connectivity index (χ3n) is 3.56. The monoisotopic (exact) mass is 342 g/mol. The molecule has 1 aromatic carbocycles. The predicted molar refractivity (Wildman–Crippen MR) is 81.5 cm³/mol. The number of nitrogens with two attached hydrogens (primary N) is 2. The number of carbonyl (C=O) groups is 1. The summed E-state index contributed by atoms with van der Waals surface area (Å²) in [6.45, 7) is 3.57. The number of benzene rings is 1. The number of amides is 1. The first-order valence-electron chi connectivity index (χ1n) is 7.16. The van der Waals surface area contributed by atoms with Gasteiger partial charge in [-0.1, -0.05) is 19.1 Å². The Hall–Kier alpha value is -2.71. The Balaban J connectivity index is 2.32. The minimum Gasteiger partial charge on any atom is -0.406 e. The molecule has 4 N–H and O–H groups in total. The Bertz CT molecular complexity index is 738. The van der Waals surface area contributed by atoms with Crippen molar-refractivity contribution >= 4 is 11.7 Å². The standard InChI is InChI=1S/C15H17F3N4O2/c1-3-11-12(14(20)23)13(19)22(21-11)8(2)9-4-6-10(7-5-9)24-15(16,17)18/h4-8H,3,19H2,1-2H3,(H2,20,23). The quantitative estimate of drug-likeness (QED) is 0.873. The van der Waals surface area contributed by atoms with Gasteiger partial charge in [0.25, 0.3) is 5.91 Å². The number of hydrogen-bond acceptors (Lipinski definition) is 4. The van der Waals surface area contributed by atoms with Crippen LogP contribution in [-0.2, 0) is 6.42 Å². The summed E-state index contributed by atoms with van der Waals surface area (Å²) in [6.07, 6.45) is -4.27. The van der Waals surface area contributed by atoms with Crippen molar-refractivity contribution in [2.45, 2.75) is 32.7 Å². The summed E-state index contributed by atoms with van der Waals surface area (Å²) in [5, 5.41) is 4.29. The van der Waals surface area contributed by atoms with E-state index in [1.807, 2.05) is 6.92 Å². The highest BCUT2D eigenvalue weighted by Gasteiger charge is 2.31. The Morgan fingerprint density at radius 2 is 1.92 bits per heavy atom. The van der Waals surface area contributed by atoms with Crippen LogP contribution in [0.25, 0.3) is 0 Å². The molecule has 6 nitrogen and oxygen atoms in total. The lowest BCUT2D eigenvalue weighted by Gasteiger charge is -2.15. The van der Waals surface area contributed by atoms with E-state index in [9.17, 15) is 18.0 Å². The van der Waals surface area contributed by atoms with E-state index in [1.54, 1.807) is 6.92 Å². The molecule has 2 aromatic rings. The van der Waals surface area contributed by atoms with Gasteiger partial charge in [-0.3, -0.25) is 4.79 Å². The number of nitrogen functional groups attached to an aromatic ring is 1. The van der Waals surface area contributed by atoms with E-state index in [0.717, 1.165) is 0 Å². The molecule has 1 unspecified atom stereocenters. The first kappa shape index (κ1) is 17.6. The lowest BCUT2D eigenvalue weighted by Crippen LogP contribution is -2.17. The van der Waals surface area contributed by atoms with E-state index in [4.69, 9.17) is 11.5 Å². The second kappa shape index (κ2) is 6.42. The lowest BCUT2D eigenvalue weighted by molar-refractivity contribution is -0.274. The maximum absolute atomic E-state index is 12.2. The Morgan fingerprint density at radius 3 is 2.33 bits per heavy atom. The fourth-order valence-corrected chi connectivity index (χ4v) is 2.40. The number of aromatic nitrogens is 2. The lowest BCUT2D eigenvalue weighted by atomic mass is 10.1. The van der Waals surface area contributed by atoms with Gasteiger partial charge < -0.3 is 16.2 Å². The number of hydrogen-bond donors (Lipinski definition) is 2. The predicted octanol–water partition coefficient (Wildman–Crippen LogP) is 2.63. The molecule has 0 fully saturated rings. The first-order chi connectivity index (χ1) is 11.1. The zero-order valence-electron chi connectivity index (χ0n) is 13.1. The molecule has 1 amide bonds. The molecule has 0 aliphatic carbocycles. The number of aryl methyl sites for hydroxylation is 1. The van der Waals surface area contributed by atoms with E-state index in [0.29, 0.717) is 17.7 Å². The number of rotatable bonds is 5. The van der Waals surface area contributed by atoms with E-state index >= 15 is 0 Å². The topological polar surface area (TPSA) is 96.2 Å². The van der Waals surface area contributed by atoms with E-state index in [1.165, 1.54) is 28.9 Å². The maximum atomic E-state index is 12.2. The van der Waals surface area contributed by atoms with Crippen molar-refractivity contribution in [2.75, 3.05) is 5.73 Å². The van der Waals surface area contributed by atoms with Crippen molar-refractivity contribution < 1.29 is 22.7 Å². The summed E-state index contributed by atoms with van der Waals surface area (Å²) in [5.74, 6) is -0.863. The largest absolute Gasteiger partial charge is 0.573 e. The molecule has 1 atom stereocenters. The molecule has 0 radical (unpaired) electrons. The van der Waals surface area contributed by atoms with Gasteiger partial charge in [0.05, 0.1) is 11.7 Å². The van der Waals surface area contributed by atoms with Crippen LogP contribution in [0.5, 0.6) is 5.75 Å². The summed E-state index contributed by atoms with van der Waals surface area (Å²) in [4.78, 5) is 11.5. The van der Waals surface area contributed by atoms with Crippen LogP contribution in [0, 0.1) is 0 Å². The number of nitrogens with zero attached hydrogens (tertiary/aromatic N) is 2. The van der Waals surface area contributed by atoms with Crippen LogP contribution in [0.2, 0.25) is 0 Å². The van der Waals surface area contributed by atoms with E-state index < -0.39 is 18.3 Å². The summed E-state index contributed by atoms with van der Waals surface area (Å²) >= 11 is 0. The molecule has 0 aliphatic rings. The van der Waals surface area contributed by atoms with Gasteiger partial charge in [-0.2, -0.15) is 5.10 Å². The van der Waals surface area contributed by atoms with Crippen LogP contribution < -0.4 is 16.2 Å². The molecule has 0 aliphatic heterocycles. The average molecular weight is 342 g/mol. The van der Waals surface area contributed by atoms with Gasteiger partial charge >= 0.3 is 6.36 Å². The fraction of sp³-hybridized carbons (Fsp3) is 0.333. The fourth-order valence-electron chi connectivity index (χ4n) is 2.40. The number of primary amides is 1. The molecular weight excluding hydrogens is 325 g/mol. The summed E-state index contributed by atoms with van der Waals surface area (Å²) in [6, 6.07) is 4.96. The van der Waals surface area contributed by atoms with Crippen molar-refractivity contribution in [3.8, 4) is 5.75 Å². The average Bonchev–Trinajstić information content (AvgIpc) is 2.82. The third kappa shape index (κ3) is 3.61. The minimum absolute atomic E-state index is 0.127. The van der Waals surface area contributed by atoms with Gasteiger partial charge in [0.2, 0.25) is 0 Å². The van der Waals surface area contributed by atoms with E-state index in [2.05, 4.69) is 9.84 Å². The number of carbonyl (C=O) groups excluding carboxylic acids is 1. The molecule has 0 saturated heterocycles. The molecule has 130 valence electrons. The number of ether oxygens (including phenoxy) is 1. The molecule has 1 aromatic heterocycles. The SMILES string of the molecule is CCc1nn(C(C)c2ccc(OC(F)(F)F)cc2)c(N)c1C(N)=O. The zero-order valence-corrected chi connectivity index (χ0v) is 13.1. The van der Waals surface area contributed by atoms with Gasteiger partial charge in [-0.05, 0) is 31.0 Å². The summed E-state index contributed by atoms with van der Waals surface area (Å²) < 4.78 is 41.8. The summed E-state index contributed by atoms with van der Waals surface area (Å²) in [5.41, 5.74) is 12.6. The molecule has 1 heterocycles. The second-order valence-corrected chi connectivity index (χ2v) is 5.16. The van der Waals surface area contributed by atoms with Crippen molar-refractivity contribution in [1.82, 2.24) is 9.78 Å². The molecule has 24 heavy (non-hydrogen) atoms. The molecular formula is C15H17F3N4O2. The van der Waals surface area contributed by atoms with Gasteiger partial charge in [0.1, 0.15) is 17.1 Å². The molecule has 0 saturated carbocycles. The highest BCUT2D eigenvalue weighted by Crippen LogP contribution is 2.28. The number of anilines is 1. The second-order valence-electron chi connectivity index (χ2n) is 5.16. The number of alkyl halides is 3. The van der Waals surface area contributed by atoms with Crippen molar-refractivity contribution in [2.24, 2.45) is 5.73 Å². The van der Waals surface area contributed by atoms with Gasteiger partial charge in [0.15, 0.2) is 0 Å². The van der Waals surface area contributed by atoms with Crippen LogP contribution in [0.1, 0.15) is 41.5 Å². The van der Waals surface area contributed by atoms with Crippen LogP contribution in [0.3, 0.4) is 0 Å². The highest BCUT2D eigenvalue weighted by atomic mass is 19.4. The van der Waals surface area contributed by atoms with Crippen LogP contribution in [-0.4, -0.2) is 22.1 Å². The molecule has 2 rings (SSSR count). The Morgan fingerprint density at radius 1 is 1.33 bits per heavy atom. The molecule has 9 heteroatoms. The van der Waals surface area contributed by atoms with Crippen molar-refractivity contribution in [3.05, 3.63) is 41.1 Å². The van der Waals surface area contributed by atoms with Gasteiger partial charge in [-0.15, -0.1) is 13.2 Å². The van der Waals surface area contributed by atoms with Crippen molar-refractivity contribution in [1.29, 1.82) is 0 Å². The highest BCUT2D eigenvalue weighted by molar-refractivity contribution is 5.98.